The van der Waals surface area contributed by atoms with Crippen molar-refractivity contribution in [1.82, 2.24) is 15.0 Å². The number of nitrogens with zero attached hydrogens (tertiary/aromatic N) is 2. The molecule has 0 aliphatic carbocycles. The summed E-state index contributed by atoms with van der Waals surface area (Å²) in [5.74, 6) is -0.201. The molecular formula is C11H13N3O2. The Balaban J connectivity index is 2.64. The topological polar surface area (TPSA) is 78.9 Å². The smallest absolute Gasteiger partial charge is 0.338 e. The monoisotopic (exact) mass is 219 g/mol. The molecule has 0 aliphatic heterocycles. The summed E-state index contributed by atoms with van der Waals surface area (Å²) in [6.07, 6.45) is 3.24. The number of hydrogen-bond acceptors (Lipinski definition) is 3. The van der Waals surface area contributed by atoms with E-state index in [1.165, 1.54) is 6.20 Å². The zero-order valence-corrected chi connectivity index (χ0v) is 9.24. The number of H-pyrrole nitrogens is 1. The molecule has 0 atom stereocenters. The molecule has 0 unspecified atom stereocenters. The van der Waals surface area contributed by atoms with Crippen LogP contribution in [-0.2, 0) is 6.42 Å². The SMILES string of the molecule is CCCc1nc(C)c2c(C(=O)O)c[nH]c2n1. The Kier molecular flexibility index (Phi) is 2.60. The standard InChI is InChI=1S/C11H13N3O2/c1-3-4-8-13-6(2)9-7(11(15)16)5-12-10(9)14-8/h5H,3-4H2,1-2H3,(H,15,16)(H,12,13,14). The minimum Gasteiger partial charge on any atom is -0.478 e. The molecule has 0 aliphatic rings. The zero-order chi connectivity index (χ0) is 11.7. The van der Waals surface area contributed by atoms with E-state index in [2.05, 4.69) is 21.9 Å². The largest absolute Gasteiger partial charge is 0.478 e. The van der Waals surface area contributed by atoms with E-state index in [-0.39, 0.29) is 5.56 Å². The van der Waals surface area contributed by atoms with Gasteiger partial charge in [-0.25, -0.2) is 14.8 Å². The first-order valence-electron chi connectivity index (χ1n) is 5.21. The van der Waals surface area contributed by atoms with Gasteiger partial charge in [0, 0.05) is 12.6 Å². The molecule has 0 saturated heterocycles. The van der Waals surface area contributed by atoms with Crippen molar-refractivity contribution < 1.29 is 9.90 Å². The molecule has 0 amide bonds. The number of carbonyl (C=O) groups is 1. The number of aromatic amines is 1. The first-order valence-corrected chi connectivity index (χ1v) is 5.21. The summed E-state index contributed by atoms with van der Waals surface area (Å²) in [6.45, 7) is 3.86. The fraction of sp³-hybridized carbons (Fsp3) is 0.364. The second-order valence-electron chi connectivity index (χ2n) is 3.71. The molecule has 0 spiro atoms. The van der Waals surface area contributed by atoms with Crippen molar-refractivity contribution in [2.75, 3.05) is 0 Å². The minimum absolute atomic E-state index is 0.232. The van der Waals surface area contributed by atoms with Gasteiger partial charge < -0.3 is 10.1 Å². The van der Waals surface area contributed by atoms with Crippen LogP contribution in [0.1, 0.15) is 35.2 Å². The van der Waals surface area contributed by atoms with Gasteiger partial charge in [-0.05, 0) is 13.3 Å². The van der Waals surface area contributed by atoms with Crippen molar-refractivity contribution in [3.63, 3.8) is 0 Å². The highest BCUT2D eigenvalue weighted by molar-refractivity contribution is 6.03. The summed E-state index contributed by atoms with van der Waals surface area (Å²) >= 11 is 0. The van der Waals surface area contributed by atoms with Crippen LogP contribution in [0.3, 0.4) is 0 Å². The number of nitrogens with one attached hydrogen (secondary N) is 1. The van der Waals surface area contributed by atoms with Crippen molar-refractivity contribution in [1.29, 1.82) is 0 Å². The molecule has 0 saturated carbocycles. The van der Waals surface area contributed by atoms with Crippen LogP contribution in [0.15, 0.2) is 6.20 Å². The van der Waals surface area contributed by atoms with Crippen LogP contribution in [0.25, 0.3) is 11.0 Å². The van der Waals surface area contributed by atoms with E-state index in [9.17, 15) is 4.79 Å². The number of hydrogen-bond donors (Lipinski definition) is 2. The van der Waals surface area contributed by atoms with Gasteiger partial charge >= 0.3 is 5.97 Å². The van der Waals surface area contributed by atoms with E-state index in [1.54, 1.807) is 0 Å². The fourth-order valence-corrected chi connectivity index (χ4v) is 1.77. The van der Waals surface area contributed by atoms with E-state index < -0.39 is 5.97 Å². The predicted molar refractivity (Wildman–Crippen MR) is 59.6 cm³/mol. The number of carboxylic acids is 1. The predicted octanol–water partition coefficient (Wildman–Crippen LogP) is 1.92. The van der Waals surface area contributed by atoms with Gasteiger partial charge in [-0.1, -0.05) is 6.92 Å². The van der Waals surface area contributed by atoms with Gasteiger partial charge in [0.1, 0.15) is 11.5 Å². The normalized spacial score (nSPS) is 10.9. The second-order valence-corrected chi connectivity index (χ2v) is 3.71. The lowest BCUT2D eigenvalue weighted by atomic mass is 10.2. The average molecular weight is 219 g/mol. The summed E-state index contributed by atoms with van der Waals surface area (Å²) in [5.41, 5.74) is 1.55. The Morgan fingerprint density at radius 2 is 2.25 bits per heavy atom. The summed E-state index contributed by atoms with van der Waals surface area (Å²) in [4.78, 5) is 22.5. The second kappa shape index (κ2) is 3.92. The highest BCUT2D eigenvalue weighted by Gasteiger charge is 2.15. The van der Waals surface area contributed by atoms with Crippen LogP contribution in [-0.4, -0.2) is 26.0 Å². The van der Waals surface area contributed by atoms with Gasteiger partial charge in [0.05, 0.1) is 16.6 Å². The molecule has 0 radical (unpaired) electrons. The fourth-order valence-electron chi connectivity index (χ4n) is 1.77. The molecule has 16 heavy (non-hydrogen) atoms. The van der Waals surface area contributed by atoms with Crippen LogP contribution in [0.4, 0.5) is 0 Å². The van der Waals surface area contributed by atoms with Crippen molar-refractivity contribution in [2.24, 2.45) is 0 Å². The Hall–Kier alpha value is -1.91. The molecule has 2 heterocycles. The van der Waals surface area contributed by atoms with Gasteiger partial charge in [0.2, 0.25) is 0 Å². The quantitative estimate of drug-likeness (QED) is 0.826. The van der Waals surface area contributed by atoms with E-state index >= 15 is 0 Å². The molecule has 5 heteroatoms. The Labute approximate surface area is 92.5 Å². The van der Waals surface area contributed by atoms with Crippen molar-refractivity contribution in [2.45, 2.75) is 26.7 Å². The molecular weight excluding hydrogens is 206 g/mol. The third kappa shape index (κ3) is 1.64. The lowest BCUT2D eigenvalue weighted by Gasteiger charge is -2.01. The van der Waals surface area contributed by atoms with Gasteiger partial charge in [-0.2, -0.15) is 0 Å². The van der Waals surface area contributed by atoms with Crippen molar-refractivity contribution >= 4 is 17.0 Å². The maximum Gasteiger partial charge on any atom is 0.338 e. The summed E-state index contributed by atoms with van der Waals surface area (Å²) in [7, 11) is 0. The molecule has 5 nitrogen and oxygen atoms in total. The molecule has 2 N–H and O–H groups in total. The van der Waals surface area contributed by atoms with Gasteiger partial charge in [-0.15, -0.1) is 0 Å². The summed E-state index contributed by atoms with van der Waals surface area (Å²) in [5, 5.41) is 9.60. The maximum atomic E-state index is 11.0. The van der Waals surface area contributed by atoms with Gasteiger partial charge in [0.15, 0.2) is 0 Å². The number of aryl methyl sites for hydroxylation is 2. The molecule has 0 bridgehead atoms. The number of aromatic carboxylic acids is 1. The van der Waals surface area contributed by atoms with Gasteiger partial charge in [0.25, 0.3) is 0 Å². The van der Waals surface area contributed by atoms with Gasteiger partial charge in [-0.3, -0.25) is 0 Å². The molecule has 2 aromatic rings. The molecule has 2 aromatic heterocycles. The number of aromatic nitrogens is 3. The third-order valence-electron chi connectivity index (χ3n) is 2.46. The van der Waals surface area contributed by atoms with E-state index in [0.717, 1.165) is 18.7 Å². The Morgan fingerprint density at radius 1 is 1.50 bits per heavy atom. The molecule has 0 fully saturated rings. The van der Waals surface area contributed by atoms with Crippen LogP contribution < -0.4 is 0 Å². The maximum absolute atomic E-state index is 11.0. The van der Waals surface area contributed by atoms with Crippen LogP contribution >= 0.6 is 0 Å². The zero-order valence-electron chi connectivity index (χ0n) is 9.24. The summed E-state index contributed by atoms with van der Waals surface area (Å²) < 4.78 is 0. The third-order valence-corrected chi connectivity index (χ3v) is 2.46. The molecule has 2 rings (SSSR count). The first kappa shape index (κ1) is 10.6. The number of rotatable bonds is 3. The molecule has 84 valence electrons. The van der Waals surface area contributed by atoms with Crippen LogP contribution in [0.2, 0.25) is 0 Å². The van der Waals surface area contributed by atoms with Crippen molar-refractivity contribution in [3.05, 3.63) is 23.3 Å². The lowest BCUT2D eigenvalue weighted by Crippen LogP contribution is -2.00. The van der Waals surface area contributed by atoms with Crippen LogP contribution in [0.5, 0.6) is 0 Å². The molecule has 0 aromatic carbocycles. The first-order chi connectivity index (χ1) is 7.63. The average Bonchev–Trinajstić information content (AvgIpc) is 2.62. The Bertz CT molecular complexity index is 545. The number of carboxylic acid groups (broad SMARTS) is 1. The van der Waals surface area contributed by atoms with Crippen LogP contribution in [0, 0.1) is 6.92 Å². The lowest BCUT2D eigenvalue weighted by molar-refractivity contribution is 0.0699. The van der Waals surface area contributed by atoms with E-state index in [0.29, 0.717) is 16.7 Å². The van der Waals surface area contributed by atoms with Crippen molar-refractivity contribution in [3.8, 4) is 0 Å². The highest BCUT2D eigenvalue weighted by Crippen LogP contribution is 2.19. The van der Waals surface area contributed by atoms with E-state index in [1.807, 2.05) is 6.92 Å². The highest BCUT2D eigenvalue weighted by atomic mass is 16.4. The van der Waals surface area contributed by atoms with E-state index in [4.69, 9.17) is 5.11 Å². The number of fused-ring (bicyclic) bond motifs is 1. The summed E-state index contributed by atoms with van der Waals surface area (Å²) in [6, 6.07) is 0. The minimum atomic E-state index is -0.957. The Morgan fingerprint density at radius 3 is 2.88 bits per heavy atom.